The Balaban J connectivity index is 1.68. The van der Waals surface area contributed by atoms with Gasteiger partial charge in [0.15, 0.2) is 0 Å². The molecule has 0 atom stereocenters. The Bertz CT molecular complexity index is 702. The molecule has 20 heavy (non-hydrogen) atoms. The van der Waals surface area contributed by atoms with E-state index in [1.54, 1.807) is 0 Å². The predicted octanol–water partition coefficient (Wildman–Crippen LogP) is 3.28. The van der Waals surface area contributed by atoms with E-state index in [9.17, 15) is 4.79 Å². The number of rotatable bonds is 3. The zero-order valence-corrected chi connectivity index (χ0v) is 11.7. The van der Waals surface area contributed by atoms with Gasteiger partial charge in [0.25, 0.3) is 5.91 Å². The van der Waals surface area contributed by atoms with Gasteiger partial charge in [0.2, 0.25) is 0 Å². The number of aryl methyl sites for hydroxylation is 2. The molecule has 1 amide bonds. The SMILES string of the molecule is Cc1ccc(C)c(CNC(=O)C2=CC=C3C=CC=C32)c1. The fraction of sp³-hybridized carbons (Fsp3) is 0.167. The van der Waals surface area contributed by atoms with Crippen molar-refractivity contribution in [2.24, 2.45) is 0 Å². The lowest BCUT2D eigenvalue weighted by atomic mass is 10.0. The van der Waals surface area contributed by atoms with Crippen molar-refractivity contribution in [2.45, 2.75) is 20.4 Å². The zero-order chi connectivity index (χ0) is 14.1. The van der Waals surface area contributed by atoms with Crippen LogP contribution in [0.2, 0.25) is 0 Å². The summed E-state index contributed by atoms with van der Waals surface area (Å²) in [4.78, 5) is 12.3. The molecule has 0 spiro atoms. The maximum atomic E-state index is 12.3. The van der Waals surface area contributed by atoms with Crippen LogP contribution in [-0.2, 0) is 11.3 Å². The number of hydrogen-bond donors (Lipinski definition) is 1. The van der Waals surface area contributed by atoms with Crippen LogP contribution in [0.3, 0.4) is 0 Å². The first-order valence-corrected chi connectivity index (χ1v) is 6.80. The molecule has 0 aliphatic heterocycles. The van der Waals surface area contributed by atoms with Crippen molar-refractivity contribution in [3.8, 4) is 0 Å². The van der Waals surface area contributed by atoms with Crippen LogP contribution < -0.4 is 5.32 Å². The summed E-state index contributed by atoms with van der Waals surface area (Å²) in [7, 11) is 0. The maximum absolute atomic E-state index is 12.3. The van der Waals surface area contributed by atoms with Gasteiger partial charge in [-0.25, -0.2) is 0 Å². The summed E-state index contributed by atoms with van der Waals surface area (Å²) in [5, 5.41) is 3.01. The number of hydrogen-bond acceptors (Lipinski definition) is 1. The number of benzene rings is 1. The average molecular weight is 263 g/mol. The molecule has 0 saturated heterocycles. The smallest absolute Gasteiger partial charge is 0.252 e. The number of allylic oxidation sites excluding steroid dienone is 6. The Hall–Kier alpha value is -2.35. The molecular weight excluding hydrogens is 246 g/mol. The lowest BCUT2D eigenvalue weighted by Crippen LogP contribution is -2.25. The summed E-state index contributed by atoms with van der Waals surface area (Å²) in [6.07, 6.45) is 9.87. The van der Waals surface area contributed by atoms with Crippen LogP contribution in [0.1, 0.15) is 16.7 Å². The van der Waals surface area contributed by atoms with E-state index in [2.05, 4.69) is 37.4 Å². The first kappa shape index (κ1) is 12.7. The minimum absolute atomic E-state index is 0.00731. The summed E-state index contributed by atoms with van der Waals surface area (Å²) in [6, 6.07) is 6.30. The van der Waals surface area contributed by atoms with E-state index in [0.29, 0.717) is 6.54 Å². The molecule has 0 radical (unpaired) electrons. The summed E-state index contributed by atoms with van der Waals surface area (Å²) in [6.45, 7) is 4.70. The van der Waals surface area contributed by atoms with Crippen LogP contribution in [0.5, 0.6) is 0 Å². The molecule has 2 heteroatoms. The van der Waals surface area contributed by atoms with Gasteiger partial charge in [-0.3, -0.25) is 4.79 Å². The lowest BCUT2D eigenvalue weighted by molar-refractivity contribution is -0.117. The molecule has 1 N–H and O–H groups in total. The molecule has 2 aliphatic carbocycles. The second-order valence-electron chi connectivity index (χ2n) is 5.25. The van der Waals surface area contributed by atoms with E-state index in [1.165, 1.54) is 16.7 Å². The van der Waals surface area contributed by atoms with Gasteiger partial charge in [0.1, 0.15) is 0 Å². The topological polar surface area (TPSA) is 29.1 Å². The molecule has 1 aromatic rings. The molecule has 0 aromatic heterocycles. The van der Waals surface area contributed by atoms with E-state index in [4.69, 9.17) is 0 Å². The quantitative estimate of drug-likeness (QED) is 0.891. The second kappa shape index (κ2) is 4.97. The third-order valence-electron chi connectivity index (χ3n) is 3.76. The second-order valence-corrected chi connectivity index (χ2v) is 5.25. The van der Waals surface area contributed by atoms with E-state index >= 15 is 0 Å². The highest BCUT2D eigenvalue weighted by Crippen LogP contribution is 2.31. The van der Waals surface area contributed by atoms with Crippen LogP contribution >= 0.6 is 0 Å². The molecule has 1 aromatic carbocycles. The Kier molecular flexibility index (Phi) is 3.15. The third-order valence-corrected chi connectivity index (χ3v) is 3.76. The van der Waals surface area contributed by atoms with Crippen LogP contribution in [0.4, 0.5) is 0 Å². The van der Waals surface area contributed by atoms with Crippen LogP contribution in [0, 0.1) is 13.8 Å². The van der Waals surface area contributed by atoms with Crippen LogP contribution in [0.15, 0.2) is 65.3 Å². The van der Waals surface area contributed by atoms with Crippen molar-refractivity contribution in [2.75, 3.05) is 0 Å². The van der Waals surface area contributed by atoms with Gasteiger partial charge in [-0.2, -0.15) is 0 Å². The fourth-order valence-corrected chi connectivity index (χ4v) is 2.55. The summed E-state index contributed by atoms with van der Waals surface area (Å²) < 4.78 is 0. The zero-order valence-electron chi connectivity index (χ0n) is 11.7. The van der Waals surface area contributed by atoms with Gasteiger partial charge in [-0.15, -0.1) is 0 Å². The summed E-state index contributed by atoms with van der Waals surface area (Å²) >= 11 is 0. The van der Waals surface area contributed by atoms with E-state index in [1.807, 2.05) is 30.4 Å². The molecule has 0 bridgehead atoms. The highest BCUT2D eigenvalue weighted by molar-refractivity contribution is 6.01. The minimum atomic E-state index is -0.00731. The van der Waals surface area contributed by atoms with Crippen molar-refractivity contribution in [3.05, 3.63) is 82.0 Å². The molecule has 0 heterocycles. The standard InChI is InChI=1S/C18H17NO/c1-12-6-7-13(2)15(10-12)11-19-18(20)17-9-8-14-4-3-5-16(14)17/h3-10H,11H2,1-2H3,(H,19,20). The molecule has 0 saturated carbocycles. The van der Waals surface area contributed by atoms with E-state index in [0.717, 1.165) is 16.7 Å². The van der Waals surface area contributed by atoms with E-state index < -0.39 is 0 Å². The maximum Gasteiger partial charge on any atom is 0.252 e. The van der Waals surface area contributed by atoms with Gasteiger partial charge in [0.05, 0.1) is 0 Å². The molecule has 100 valence electrons. The van der Waals surface area contributed by atoms with Gasteiger partial charge in [-0.1, -0.05) is 48.1 Å². The molecule has 2 aliphatic rings. The first-order chi connectivity index (χ1) is 9.65. The lowest BCUT2D eigenvalue weighted by Gasteiger charge is -2.10. The molecule has 0 fully saturated rings. The van der Waals surface area contributed by atoms with Crippen LogP contribution in [0.25, 0.3) is 0 Å². The van der Waals surface area contributed by atoms with E-state index in [-0.39, 0.29) is 5.91 Å². The fourth-order valence-electron chi connectivity index (χ4n) is 2.55. The molecule has 2 nitrogen and oxygen atoms in total. The number of amides is 1. The summed E-state index contributed by atoms with van der Waals surface area (Å²) in [5.74, 6) is -0.00731. The highest BCUT2D eigenvalue weighted by Gasteiger charge is 2.21. The highest BCUT2D eigenvalue weighted by atomic mass is 16.1. The van der Waals surface area contributed by atoms with Gasteiger partial charge in [-0.05, 0) is 42.2 Å². The number of fused-ring (bicyclic) bond motifs is 1. The monoisotopic (exact) mass is 263 g/mol. The Labute approximate surface area is 119 Å². The van der Waals surface area contributed by atoms with Crippen LogP contribution in [-0.4, -0.2) is 5.91 Å². The first-order valence-electron chi connectivity index (χ1n) is 6.80. The van der Waals surface area contributed by atoms with Crippen molar-refractivity contribution in [1.82, 2.24) is 5.32 Å². The molecule has 0 unspecified atom stereocenters. The number of carbonyl (C=O) groups is 1. The normalized spacial score (nSPS) is 15.6. The van der Waals surface area contributed by atoms with Crippen molar-refractivity contribution in [1.29, 1.82) is 0 Å². The number of carbonyl (C=O) groups excluding carboxylic acids is 1. The van der Waals surface area contributed by atoms with Gasteiger partial charge in [0, 0.05) is 12.1 Å². The number of nitrogens with one attached hydrogen (secondary N) is 1. The van der Waals surface area contributed by atoms with Crippen molar-refractivity contribution in [3.63, 3.8) is 0 Å². The van der Waals surface area contributed by atoms with Crippen molar-refractivity contribution >= 4 is 5.91 Å². The largest absolute Gasteiger partial charge is 0.348 e. The minimum Gasteiger partial charge on any atom is -0.348 e. The van der Waals surface area contributed by atoms with Gasteiger partial charge >= 0.3 is 0 Å². The molecule has 3 rings (SSSR count). The summed E-state index contributed by atoms with van der Waals surface area (Å²) in [5.41, 5.74) is 6.51. The van der Waals surface area contributed by atoms with Crippen molar-refractivity contribution < 1.29 is 4.79 Å². The average Bonchev–Trinajstić information content (AvgIpc) is 3.02. The Morgan fingerprint density at radius 2 is 2.00 bits per heavy atom. The predicted molar refractivity (Wildman–Crippen MR) is 81.2 cm³/mol. The Morgan fingerprint density at radius 3 is 2.85 bits per heavy atom. The molecular formula is C18H17NO. The Morgan fingerprint density at radius 1 is 1.15 bits per heavy atom. The third kappa shape index (κ3) is 2.25. The van der Waals surface area contributed by atoms with Gasteiger partial charge < -0.3 is 5.32 Å².